The molecule has 1 amide bonds. The Kier molecular flexibility index (Phi) is 5.54. The summed E-state index contributed by atoms with van der Waals surface area (Å²) >= 11 is 0. The lowest BCUT2D eigenvalue weighted by atomic mass is 9.96. The van der Waals surface area contributed by atoms with Gasteiger partial charge in [0.1, 0.15) is 5.78 Å². The highest BCUT2D eigenvalue weighted by Gasteiger charge is 2.27. The van der Waals surface area contributed by atoms with Crippen LogP contribution in [0.2, 0.25) is 0 Å². The molecule has 1 heterocycles. The molecule has 3 nitrogen and oxygen atoms in total. The van der Waals surface area contributed by atoms with Crippen molar-refractivity contribution in [1.82, 2.24) is 4.90 Å². The molecule has 1 aromatic rings. The minimum Gasteiger partial charge on any atom is -0.339 e. The van der Waals surface area contributed by atoms with Crippen LogP contribution in [0.3, 0.4) is 0 Å². The van der Waals surface area contributed by atoms with Gasteiger partial charge in [-0.3, -0.25) is 9.59 Å². The third-order valence-corrected chi connectivity index (χ3v) is 4.34. The average molecular weight is 287 g/mol. The number of nitrogens with zero attached hydrogens (tertiary/aromatic N) is 1. The van der Waals surface area contributed by atoms with E-state index in [4.69, 9.17) is 0 Å². The monoisotopic (exact) mass is 287 g/mol. The Bertz CT molecular complexity index is 510. The molecule has 0 radical (unpaired) electrons. The van der Waals surface area contributed by atoms with Crippen LogP contribution in [0, 0.1) is 6.92 Å². The SMILES string of the molecule is CC(=O)CC1CCCCN1C(=O)CCc1ccccc1C. The fourth-order valence-electron chi connectivity index (χ4n) is 3.15. The second-order valence-electron chi connectivity index (χ2n) is 6.07. The van der Waals surface area contributed by atoms with Crippen LogP contribution in [-0.2, 0) is 16.0 Å². The number of carbonyl (C=O) groups is 2. The van der Waals surface area contributed by atoms with Crippen molar-refractivity contribution in [2.24, 2.45) is 0 Å². The van der Waals surface area contributed by atoms with Gasteiger partial charge in [-0.1, -0.05) is 24.3 Å². The number of amides is 1. The van der Waals surface area contributed by atoms with Gasteiger partial charge in [0.25, 0.3) is 0 Å². The van der Waals surface area contributed by atoms with Crippen molar-refractivity contribution in [2.45, 2.75) is 58.4 Å². The quantitative estimate of drug-likeness (QED) is 0.833. The Balaban J connectivity index is 1.94. The first-order valence-electron chi connectivity index (χ1n) is 7.91. The Morgan fingerprint density at radius 1 is 1.24 bits per heavy atom. The summed E-state index contributed by atoms with van der Waals surface area (Å²) in [6, 6.07) is 8.34. The van der Waals surface area contributed by atoms with Crippen LogP contribution >= 0.6 is 0 Å². The Morgan fingerprint density at radius 3 is 2.71 bits per heavy atom. The summed E-state index contributed by atoms with van der Waals surface area (Å²) in [4.78, 5) is 25.8. The van der Waals surface area contributed by atoms with E-state index in [2.05, 4.69) is 19.1 Å². The Labute approximate surface area is 127 Å². The molecule has 3 heteroatoms. The number of aryl methyl sites for hydroxylation is 2. The van der Waals surface area contributed by atoms with Gasteiger partial charge < -0.3 is 4.90 Å². The van der Waals surface area contributed by atoms with E-state index < -0.39 is 0 Å². The van der Waals surface area contributed by atoms with Gasteiger partial charge in [-0.05, 0) is 50.7 Å². The molecule has 21 heavy (non-hydrogen) atoms. The molecule has 0 saturated carbocycles. The van der Waals surface area contributed by atoms with Crippen LogP contribution in [0.25, 0.3) is 0 Å². The first-order chi connectivity index (χ1) is 10.1. The lowest BCUT2D eigenvalue weighted by molar-refractivity contribution is -0.135. The van der Waals surface area contributed by atoms with Crippen molar-refractivity contribution < 1.29 is 9.59 Å². The van der Waals surface area contributed by atoms with Crippen LogP contribution in [-0.4, -0.2) is 29.2 Å². The number of Topliss-reactive ketones (excluding diaryl/α,β-unsaturated/α-hetero) is 1. The first kappa shape index (κ1) is 15.7. The molecular formula is C18H25NO2. The normalized spacial score (nSPS) is 18.6. The van der Waals surface area contributed by atoms with E-state index in [1.807, 2.05) is 17.0 Å². The second kappa shape index (κ2) is 7.39. The molecule has 1 aromatic carbocycles. The molecular weight excluding hydrogens is 262 g/mol. The number of piperidine rings is 1. The molecule has 2 rings (SSSR count). The number of likely N-dealkylation sites (tertiary alicyclic amines) is 1. The summed E-state index contributed by atoms with van der Waals surface area (Å²) in [5.74, 6) is 0.378. The predicted molar refractivity (Wildman–Crippen MR) is 84.2 cm³/mol. The van der Waals surface area contributed by atoms with Crippen LogP contribution in [0.15, 0.2) is 24.3 Å². The summed E-state index contributed by atoms with van der Waals surface area (Å²) in [5, 5.41) is 0. The highest BCUT2D eigenvalue weighted by molar-refractivity contribution is 5.80. The maximum atomic E-state index is 12.5. The first-order valence-corrected chi connectivity index (χ1v) is 7.91. The summed E-state index contributed by atoms with van der Waals surface area (Å²) in [5.41, 5.74) is 2.48. The predicted octanol–water partition coefficient (Wildman–Crippen LogP) is 3.29. The average Bonchev–Trinajstić information content (AvgIpc) is 2.46. The van der Waals surface area contributed by atoms with Crippen molar-refractivity contribution >= 4 is 11.7 Å². The molecule has 0 bridgehead atoms. The molecule has 0 N–H and O–H groups in total. The number of hydrogen-bond donors (Lipinski definition) is 0. The zero-order valence-electron chi connectivity index (χ0n) is 13.1. The Hall–Kier alpha value is -1.64. The number of ketones is 1. The van der Waals surface area contributed by atoms with Crippen molar-refractivity contribution in [3.63, 3.8) is 0 Å². The van der Waals surface area contributed by atoms with E-state index in [1.165, 1.54) is 11.1 Å². The summed E-state index contributed by atoms with van der Waals surface area (Å²) in [6.45, 7) is 4.51. The van der Waals surface area contributed by atoms with Crippen LogP contribution < -0.4 is 0 Å². The molecule has 1 atom stereocenters. The molecule has 1 aliphatic rings. The summed E-state index contributed by atoms with van der Waals surface area (Å²) in [6.07, 6.45) is 4.99. The molecule has 0 aliphatic carbocycles. The zero-order chi connectivity index (χ0) is 15.2. The smallest absolute Gasteiger partial charge is 0.223 e. The van der Waals surface area contributed by atoms with Gasteiger partial charge in [0.15, 0.2) is 0 Å². The summed E-state index contributed by atoms with van der Waals surface area (Å²) < 4.78 is 0. The standard InChI is InChI=1S/C18H25NO2/c1-14-7-3-4-8-16(14)10-11-18(21)19-12-6-5-9-17(19)13-15(2)20/h3-4,7-8,17H,5-6,9-13H2,1-2H3. The van der Waals surface area contributed by atoms with Crippen molar-refractivity contribution in [3.8, 4) is 0 Å². The van der Waals surface area contributed by atoms with E-state index in [0.717, 1.165) is 32.2 Å². The lowest BCUT2D eigenvalue weighted by Gasteiger charge is -2.35. The van der Waals surface area contributed by atoms with E-state index in [1.54, 1.807) is 6.92 Å². The third kappa shape index (κ3) is 4.42. The minimum absolute atomic E-state index is 0.126. The second-order valence-corrected chi connectivity index (χ2v) is 6.07. The van der Waals surface area contributed by atoms with E-state index >= 15 is 0 Å². The fraction of sp³-hybridized carbons (Fsp3) is 0.556. The number of carbonyl (C=O) groups excluding carboxylic acids is 2. The molecule has 1 fully saturated rings. The van der Waals surface area contributed by atoms with Crippen molar-refractivity contribution in [2.75, 3.05) is 6.54 Å². The molecule has 1 unspecified atom stereocenters. The fourth-order valence-corrected chi connectivity index (χ4v) is 3.15. The number of benzene rings is 1. The number of hydrogen-bond acceptors (Lipinski definition) is 2. The molecule has 0 spiro atoms. The van der Waals surface area contributed by atoms with Gasteiger partial charge in [-0.15, -0.1) is 0 Å². The molecule has 1 aliphatic heterocycles. The van der Waals surface area contributed by atoms with Crippen molar-refractivity contribution in [3.05, 3.63) is 35.4 Å². The van der Waals surface area contributed by atoms with Gasteiger partial charge in [0, 0.05) is 25.4 Å². The van der Waals surface area contributed by atoms with Crippen molar-refractivity contribution in [1.29, 1.82) is 0 Å². The van der Waals surface area contributed by atoms with E-state index in [-0.39, 0.29) is 17.7 Å². The minimum atomic E-state index is 0.126. The van der Waals surface area contributed by atoms with Gasteiger partial charge in [0.2, 0.25) is 5.91 Å². The molecule has 0 aromatic heterocycles. The Morgan fingerprint density at radius 2 is 2.00 bits per heavy atom. The maximum absolute atomic E-state index is 12.5. The van der Waals surface area contributed by atoms with Gasteiger partial charge in [-0.2, -0.15) is 0 Å². The maximum Gasteiger partial charge on any atom is 0.223 e. The number of rotatable bonds is 5. The van der Waals surface area contributed by atoms with E-state index in [9.17, 15) is 9.59 Å². The highest BCUT2D eigenvalue weighted by Crippen LogP contribution is 2.21. The lowest BCUT2D eigenvalue weighted by Crippen LogP contribution is -2.44. The molecule has 1 saturated heterocycles. The van der Waals surface area contributed by atoms with Gasteiger partial charge in [-0.25, -0.2) is 0 Å². The van der Waals surface area contributed by atoms with Crippen LogP contribution in [0.4, 0.5) is 0 Å². The van der Waals surface area contributed by atoms with Gasteiger partial charge >= 0.3 is 0 Å². The highest BCUT2D eigenvalue weighted by atomic mass is 16.2. The van der Waals surface area contributed by atoms with E-state index in [0.29, 0.717) is 12.8 Å². The topological polar surface area (TPSA) is 37.4 Å². The zero-order valence-corrected chi connectivity index (χ0v) is 13.1. The summed E-state index contributed by atoms with van der Waals surface area (Å²) in [7, 11) is 0. The molecule has 114 valence electrons. The van der Waals surface area contributed by atoms with Crippen LogP contribution in [0.5, 0.6) is 0 Å². The van der Waals surface area contributed by atoms with Gasteiger partial charge in [0.05, 0.1) is 0 Å². The third-order valence-electron chi connectivity index (χ3n) is 4.34. The largest absolute Gasteiger partial charge is 0.339 e. The van der Waals surface area contributed by atoms with Crippen LogP contribution in [0.1, 0.15) is 50.2 Å².